The molecule has 6 heteroatoms. The highest BCUT2D eigenvalue weighted by molar-refractivity contribution is 7.99. The first-order valence-corrected chi connectivity index (χ1v) is 5.90. The Balaban J connectivity index is 2.36. The molecule has 2 atom stereocenters. The van der Waals surface area contributed by atoms with Gasteiger partial charge in [-0.05, 0) is 19.1 Å². The molecule has 1 heterocycles. The Hall–Kier alpha value is -0.750. The van der Waals surface area contributed by atoms with E-state index >= 15 is 0 Å². The Morgan fingerprint density at radius 3 is 2.73 bits per heavy atom. The summed E-state index contributed by atoms with van der Waals surface area (Å²) >= 11 is 1.71. The molecular weight excluding hydrogens is 218 g/mol. The summed E-state index contributed by atoms with van der Waals surface area (Å²) in [5.41, 5.74) is -1.89. The van der Waals surface area contributed by atoms with Gasteiger partial charge in [0.2, 0.25) is 5.91 Å². The van der Waals surface area contributed by atoms with Crippen LogP contribution in [0.25, 0.3) is 0 Å². The molecule has 1 rings (SSSR count). The van der Waals surface area contributed by atoms with Crippen LogP contribution in [-0.4, -0.2) is 45.7 Å². The molecule has 1 aliphatic rings. The maximum Gasteiger partial charge on any atom is 0.337 e. The lowest BCUT2D eigenvalue weighted by atomic mass is 10.1. The first kappa shape index (κ1) is 12.3. The van der Waals surface area contributed by atoms with Crippen LogP contribution >= 0.6 is 11.8 Å². The molecule has 0 aromatic carbocycles. The van der Waals surface area contributed by atoms with Gasteiger partial charge in [0.25, 0.3) is 0 Å². The SMILES string of the molecule is CC(O)(CNC(=O)C1CCSC1)C(=O)O. The predicted octanol–water partition coefficient (Wildman–Crippen LogP) is -0.309. The van der Waals surface area contributed by atoms with Gasteiger partial charge in [-0.25, -0.2) is 4.79 Å². The van der Waals surface area contributed by atoms with E-state index in [4.69, 9.17) is 5.11 Å². The number of aliphatic carboxylic acids is 1. The van der Waals surface area contributed by atoms with Crippen LogP contribution in [0, 0.1) is 5.92 Å². The van der Waals surface area contributed by atoms with Gasteiger partial charge in [-0.1, -0.05) is 0 Å². The Labute approximate surface area is 92.2 Å². The highest BCUT2D eigenvalue weighted by Crippen LogP contribution is 2.23. The number of carbonyl (C=O) groups excluding carboxylic acids is 1. The number of amides is 1. The molecule has 0 radical (unpaired) electrons. The lowest BCUT2D eigenvalue weighted by Crippen LogP contribution is -2.47. The fraction of sp³-hybridized carbons (Fsp3) is 0.778. The van der Waals surface area contributed by atoms with Gasteiger partial charge in [0.15, 0.2) is 5.60 Å². The summed E-state index contributed by atoms with van der Waals surface area (Å²) in [5.74, 6) is 0.207. The molecule has 1 fully saturated rings. The Morgan fingerprint density at radius 2 is 2.27 bits per heavy atom. The van der Waals surface area contributed by atoms with Crippen LogP contribution in [0.4, 0.5) is 0 Å². The zero-order valence-electron chi connectivity index (χ0n) is 8.52. The summed E-state index contributed by atoms with van der Waals surface area (Å²) in [5, 5.41) is 20.4. The van der Waals surface area contributed by atoms with E-state index in [0.717, 1.165) is 17.9 Å². The van der Waals surface area contributed by atoms with E-state index in [9.17, 15) is 14.7 Å². The predicted molar refractivity (Wildman–Crippen MR) is 56.7 cm³/mol. The monoisotopic (exact) mass is 233 g/mol. The molecule has 3 N–H and O–H groups in total. The molecule has 0 aromatic rings. The van der Waals surface area contributed by atoms with Crippen molar-refractivity contribution in [1.82, 2.24) is 5.32 Å². The topological polar surface area (TPSA) is 86.6 Å². The molecule has 15 heavy (non-hydrogen) atoms. The van der Waals surface area contributed by atoms with Crippen molar-refractivity contribution in [2.45, 2.75) is 18.9 Å². The number of thioether (sulfide) groups is 1. The highest BCUT2D eigenvalue weighted by Gasteiger charge is 2.32. The van der Waals surface area contributed by atoms with Crippen molar-refractivity contribution < 1.29 is 19.8 Å². The summed E-state index contributed by atoms with van der Waals surface area (Å²) in [6.45, 7) is 0.918. The number of carboxylic acids is 1. The molecule has 0 aromatic heterocycles. The fourth-order valence-corrected chi connectivity index (χ4v) is 2.44. The van der Waals surface area contributed by atoms with Gasteiger partial charge in [-0.3, -0.25) is 4.79 Å². The number of nitrogens with one attached hydrogen (secondary N) is 1. The molecular formula is C9H15NO4S. The summed E-state index contributed by atoms with van der Waals surface area (Å²) in [4.78, 5) is 22.0. The molecule has 0 aliphatic carbocycles. The van der Waals surface area contributed by atoms with Gasteiger partial charge in [0.1, 0.15) is 0 Å². The quantitative estimate of drug-likeness (QED) is 0.620. The molecule has 0 bridgehead atoms. The Bertz CT molecular complexity index is 261. The van der Waals surface area contributed by atoms with Crippen LogP contribution in [-0.2, 0) is 9.59 Å². The molecule has 0 spiro atoms. The van der Waals surface area contributed by atoms with Crippen molar-refractivity contribution >= 4 is 23.6 Å². The molecule has 2 unspecified atom stereocenters. The van der Waals surface area contributed by atoms with Gasteiger partial charge in [-0.15, -0.1) is 0 Å². The van der Waals surface area contributed by atoms with E-state index in [1.54, 1.807) is 11.8 Å². The van der Waals surface area contributed by atoms with Crippen molar-refractivity contribution in [3.05, 3.63) is 0 Å². The molecule has 86 valence electrons. The molecule has 1 saturated heterocycles. The number of carbonyl (C=O) groups is 2. The van der Waals surface area contributed by atoms with E-state index in [0.29, 0.717) is 0 Å². The zero-order valence-corrected chi connectivity index (χ0v) is 9.34. The number of rotatable bonds is 4. The van der Waals surface area contributed by atoms with Crippen LogP contribution < -0.4 is 5.32 Å². The summed E-state index contributed by atoms with van der Waals surface area (Å²) in [6, 6.07) is 0. The summed E-state index contributed by atoms with van der Waals surface area (Å²) in [6.07, 6.45) is 0.825. The smallest absolute Gasteiger partial charge is 0.337 e. The fourth-order valence-electron chi connectivity index (χ4n) is 1.22. The maximum absolute atomic E-state index is 11.5. The second-order valence-corrected chi connectivity index (χ2v) is 5.01. The standard InChI is InChI=1S/C9H15NO4S/c1-9(14,8(12)13)5-10-7(11)6-2-3-15-4-6/h6,14H,2-5H2,1H3,(H,10,11)(H,12,13). The number of aliphatic hydroxyl groups is 1. The van der Waals surface area contributed by atoms with Crippen LogP contribution in [0.2, 0.25) is 0 Å². The van der Waals surface area contributed by atoms with E-state index in [2.05, 4.69) is 5.32 Å². The molecule has 0 saturated carbocycles. The third kappa shape index (κ3) is 3.39. The van der Waals surface area contributed by atoms with Crippen LogP contribution in [0.5, 0.6) is 0 Å². The van der Waals surface area contributed by atoms with Gasteiger partial charge in [0.05, 0.1) is 6.54 Å². The van der Waals surface area contributed by atoms with E-state index in [1.807, 2.05) is 0 Å². The summed E-state index contributed by atoms with van der Waals surface area (Å²) in [7, 11) is 0. The molecule has 1 amide bonds. The second-order valence-electron chi connectivity index (χ2n) is 3.86. The Kier molecular flexibility index (Phi) is 3.98. The summed E-state index contributed by atoms with van der Waals surface area (Å²) < 4.78 is 0. The lowest BCUT2D eigenvalue weighted by molar-refractivity contribution is -0.156. The van der Waals surface area contributed by atoms with Crippen molar-refractivity contribution in [1.29, 1.82) is 0 Å². The number of carboxylic acid groups (broad SMARTS) is 1. The van der Waals surface area contributed by atoms with Gasteiger partial charge >= 0.3 is 5.97 Å². The zero-order chi connectivity index (χ0) is 11.5. The largest absolute Gasteiger partial charge is 0.479 e. The highest BCUT2D eigenvalue weighted by atomic mass is 32.2. The van der Waals surface area contributed by atoms with Crippen molar-refractivity contribution in [2.75, 3.05) is 18.1 Å². The van der Waals surface area contributed by atoms with Gasteiger partial charge in [0, 0.05) is 11.7 Å². The molecule has 1 aliphatic heterocycles. The first-order chi connectivity index (χ1) is 6.93. The Morgan fingerprint density at radius 1 is 1.60 bits per heavy atom. The van der Waals surface area contributed by atoms with Crippen LogP contribution in [0.3, 0.4) is 0 Å². The molecule has 5 nitrogen and oxygen atoms in total. The van der Waals surface area contributed by atoms with E-state index in [-0.39, 0.29) is 18.4 Å². The first-order valence-electron chi connectivity index (χ1n) is 4.75. The van der Waals surface area contributed by atoms with Crippen molar-refractivity contribution in [3.8, 4) is 0 Å². The van der Waals surface area contributed by atoms with Gasteiger partial charge < -0.3 is 15.5 Å². The minimum Gasteiger partial charge on any atom is -0.479 e. The van der Waals surface area contributed by atoms with Crippen LogP contribution in [0.1, 0.15) is 13.3 Å². The second kappa shape index (κ2) is 4.85. The van der Waals surface area contributed by atoms with Crippen LogP contribution in [0.15, 0.2) is 0 Å². The minimum absolute atomic E-state index is 0.0420. The van der Waals surface area contributed by atoms with Gasteiger partial charge in [-0.2, -0.15) is 11.8 Å². The van der Waals surface area contributed by atoms with E-state index < -0.39 is 11.6 Å². The third-order valence-electron chi connectivity index (χ3n) is 2.37. The maximum atomic E-state index is 11.5. The van der Waals surface area contributed by atoms with Crippen molar-refractivity contribution in [2.24, 2.45) is 5.92 Å². The van der Waals surface area contributed by atoms with Crippen molar-refractivity contribution in [3.63, 3.8) is 0 Å². The number of hydrogen-bond acceptors (Lipinski definition) is 4. The average molecular weight is 233 g/mol. The lowest BCUT2D eigenvalue weighted by Gasteiger charge is -2.19. The normalized spacial score (nSPS) is 24.5. The average Bonchev–Trinajstić information content (AvgIpc) is 2.66. The van der Waals surface area contributed by atoms with E-state index in [1.165, 1.54) is 6.92 Å². The minimum atomic E-state index is -1.89. The number of hydrogen-bond donors (Lipinski definition) is 3. The third-order valence-corrected chi connectivity index (χ3v) is 3.53.